The van der Waals surface area contributed by atoms with Gasteiger partial charge < -0.3 is 20.1 Å². The number of benzene rings is 1. The summed E-state index contributed by atoms with van der Waals surface area (Å²) in [6, 6.07) is 3.08. The zero-order chi connectivity index (χ0) is 24.1. The number of nitrogens with two attached hydrogens (primary N) is 1. The van der Waals surface area contributed by atoms with Crippen molar-refractivity contribution in [2.45, 2.75) is 37.4 Å². The van der Waals surface area contributed by atoms with E-state index in [-0.39, 0.29) is 30.6 Å². The first-order valence-corrected chi connectivity index (χ1v) is 11.7. The smallest absolute Gasteiger partial charge is 0.223 e. The first-order valence-electron chi connectivity index (χ1n) is 11.7. The van der Waals surface area contributed by atoms with Crippen molar-refractivity contribution in [2.24, 2.45) is 0 Å². The van der Waals surface area contributed by atoms with Gasteiger partial charge in [-0.15, -0.1) is 5.10 Å². The Morgan fingerprint density at radius 1 is 1.17 bits per heavy atom. The molecule has 0 radical (unpaired) electrons. The predicted molar refractivity (Wildman–Crippen MR) is 125 cm³/mol. The highest BCUT2D eigenvalue weighted by Crippen LogP contribution is 2.33. The van der Waals surface area contributed by atoms with Crippen molar-refractivity contribution in [3.63, 3.8) is 0 Å². The Kier molecular flexibility index (Phi) is 5.39. The molecule has 2 fully saturated rings. The molecule has 0 bridgehead atoms. The minimum atomic E-state index is -1.05. The van der Waals surface area contributed by atoms with Crippen LogP contribution in [0.5, 0.6) is 5.75 Å². The highest BCUT2D eigenvalue weighted by Gasteiger charge is 2.32. The van der Waals surface area contributed by atoms with E-state index >= 15 is 0 Å². The van der Waals surface area contributed by atoms with Gasteiger partial charge in [-0.05, 0) is 25.3 Å². The van der Waals surface area contributed by atoms with Gasteiger partial charge in [0.2, 0.25) is 5.95 Å². The lowest BCUT2D eigenvalue weighted by Gasteiger charge is -2.34. The van der Waals surface area contributed by atoms with Crippen molar-refractivity contribution in [1.29, 1.82) is 0 Å². The van der Waals surface area contributed by atoms with Crippen LogP contribution in [0.25, 0.3) is 16.6 Å². The number of piperidine rings is 1. The lowest BCUT2D eigenvalue weighted by molar-refractivity contribution is 0.0662. The SMILES string of the molecule is COc1cc2nc(N)n3nc([C@H]4C[C@@H](F)CN(c5cnn(C6CCOCC6)c5)C4)nc3c2cc1F. The average molecular weight is 485 g/mol. The maximum absolute atomic E-state index is 14.9. The third-order valence-corrected chi connectivity index (χ3v) is 6.87. The number of fused-ring (bicyclic) bond motifs is 3. The van der Waals surface area contributed by atoms with E-state index in [1.807, 2.05) is 15.8 Å². The Morgan fingerprint density at radius 2 is 2.00 bits per heavy atom. The lowest BCUT2D eigenvalue weighted by Crippen LogP contribution is -2.41. The number of methoxy groups -OCH3 is 1. The van der Waals surface area contributed by atoms with Crippen LogP contribution in [-0.2, 0) is 4.74 Å². The van der Waals surface area contributed by atoms with Gasteiger partial charge in [-0.1, -0.05) is 0 Å². The molecule has 2 N–H and O–H groups in total. The quantitative estimate of drug-likeness (QED) is 0.471. The first-order chi connectivity index (χ1) is 17.0. The van der Waals surface area contributed by atoms with E-state index in [4.69, 9.17) is 15.2 Å². The number of halogens is 2. The number of hydrogen-bond acceptors (Lipinski definition) is 8. The molecule has 0 saturated carbocycles. The van der Waals surface area contributed by atoms with Gasteiger partial charge in [-0.2, -0.15) is 9.61 Å². The second kappa shape index (κ2) is 8.59. The van der Waals surface area contributed by atoms with Crippen LogP contribution in [0.3, 0.4) is 0 Å². The van der Waals surface area contributed by atoms with Gasteiger partial charge in [0, 0.05) is 49.9 Å². The van der Waals surface area contributed by atoms with Crippen LogP contribution in [0, 0.1) is 5.82 Å². The van der Waals surface area contributed by atoms with E-state index in [2.05, 4.69) is 20.2 Å². The average Bonchev–Trinajstić information content (AvgIpc) is 3.53. The van der Waals surface area contributed by atoms with E-state index in [1.165, 1.54) is 23.8 Å². The Bertz CT molecular complexity index is 1380. The van der Waals surface area contributed by atoms with Crippen LogP contribution in [0.4, 0.5) is 20.4 Å². The van der Waals surface area contributed by atoms with E-state index in [0.717, 1.165) is 31.7 Å². The topological polar surface area (TPSA) is 109 Å². The Hall–Kier alpha value is -3.54. The molecule has 2 atom stereocenters. The zero-order valence-electron chi connectivity index (χ0n) is 19.3. The molecular weight excluding hydrogens is 458 g/mol. The van der Waals surface area contributed by atoms with Gasteiger partial charge in [-0.25, -0.2) is 18.7 Å². The van der Waals surface area contributed by atoms with Crippen LogP contribution < -0.4 is 15.4 Å². The van der Waals surface area contributed by atoms with Crippen molar-refractivity contribution in [1.82, 2.24) is 29.4 Å². The van der Waals surface area contributed by atoms with Gasteiger partial charge in [0.25, 0.3) is 0 Å². The first kappa shape index (κ1) is 22.0. The molecule has 12 heteroatoms. The summed E-state index contributed by atoms with van der Waals surface area (Å²) in [5.74, 6) is -0.179. The third-order valence-electron chi connectivity index (χ3n) is 6.87. The van der Waals surface area contributed by atoms with Crippen molar-refractivity contribution in [3.8, 4) is 5.75 Å². The molecule has 0 amide bonds. The molecule has 5 heterocycles. The zero-order valence-corrected chi connectivity index (χ0v) is 19.3. The monoisotopic (exact) mass is 484 g/mol. The summed E-state index contributed by atoms with van der Waals surface area (Å²) in [6.07, 6.45) is 4.82. The third kappa shape index (κ3) is 3.91. The van der Waals surface area contributed by atoms with Gasteiger partial charge in [-0.3, -0.25) is 4.68 Å². The maximum atomic E-state index is 14.9. The van der Waals surface area contributed by atoms with Crippen LogP contribution in [0.15, 0.2) is 24.5 Å². The molecular formula is C23H26F2N8O2. The van der Waals surface area contributed by atoms with Gasteiger partial charge in [0.1, 0.15) is 6.17 Å². The number of ether oxygens (including phenoxy) is 2. The standard InChI is InChI=1S/C23H26F2N8O2/c1-34-20-8-19-17(7-18(20)25)22-29-21(30-33(22)23(26)28-19)13-6-14(24)11-31(10-13)16-9-27-32(12-16)15-2-4-35-5-3-15/h7-9,12-15H,2-6,10-11H2,1H3,(H2,26,28)/t13-,14+/m0/s1. The molecule has 3 aromatic heterocycles. The number of rotatable bonds is 4. The Labute approximate surface area is 199 Å². The van der Waals surface area contributed by atoms with Crippen LogP contribution in [0.2, 0.25) is 0 Å². The van der Waals surface area contributed by atoms with E-state index in [0.29, 0.717) is 35.0 Å². The minimum absolute atomic E-state index is 0.0676. The number of alkyl halides is 1. The number of aromatic nitrogens is 6. The summed E-state index contributed by atoms with van der Waals surface area (Å²) in [4.78, 5) is 11.0. The summed E-state index contributed by atoms with van der Waals surface area (Å²) in [7, 11) is 1.39. The van der Waals surface area contributed by atoms with Crippen molar-refractivity contribution >= 4 is 28.2 Å². The van der Waals surface area contributed by atoms with Gasteiger partial charge in [0.15, 0.2) is 23.0 Å². The molecule has 10 nitrogen and oxygen atoms in total. The summed E-state index contributed by atoms with van der Waals surface area (Å²) in [6.45, 7) is 2.26. The largest absolute Gasteiger partial charge is 0.494 e. The molecule has 1 aromatic carbocycles. The predicted octanol–water partition coefficient (Wildman–Crippen LogP) is 2.89. The summed E-state index contributed by atoms with van der Waals surface area (Å²) in [5, 5.41) is 9.52. The second-order valence-corrected chi connectivity index (χ2v) is 9.14. The maximum Gasteiger partial charge on any atom is 0.223 e. The van der Waals surface area contributed by atoms with E-state index in [9.17, 15) is 8.78 Å². The van der Waals surface area contributed by atoms with Crippen LogP contribution in [0.1, 0.15) is 37.0 Å². The summed E-state index contributed by atoms with van der Waals surface area (Å²) < 4.78 is 43.2. The molecule has 0 spiro atoms. The minimum Gasteiger partial charge on any atom is -0.494 e. The normalized spacial score (nSPS) is 21.7. The number of hydrogen-bond donors (Lipinski definition) is 1. The fraction of sp³-hybridized carbons (Fsp3) is 0.478. The van der Waals surface area contributed by atoms with Gasteiger partial charge >= 0.3 is 0 Å². The molecule has 2 aliphatic rings. The van der Waals surface area contributed by atoms with Crippen LogP contribution >= 0.6 is 0 Å². The molecule has 184 valence electrons. The van der Waals surface area contributed by atoms with Crippen molar-refractivity contribution < 1.29 is 18.3 Å². The Morgan fingerprint density at radius 3 is 2.80 bits per heavy atom. The van der Waals surface area contributed by atoms with Crippen molar-refractivity contribution in [2.75, 3.05) is 44.0 Å². The number of anilines is 2. The molecule has 2 saturated heterocycles. The molecule has 0 aliphatic carbocycles. The summed E-state index contributed by atoms with van der Waals surface area (Å²) in [5.41, 5.74) is 7.82. The fourth-order valence-corrected chi connectivity index (χ4v) is 5.05. The molecule has 4 aromatic rings. The molecule has 35 heavy (non-hydrogen) atoms. The summed E-state index contributed by atoms with van der Waals surface area (Å²) >= 11 is 0. The molecule has 2 aliphatic heterocycles. The van der Waals surface area contributed by atoms with E-state index < -0.39 is 12.0 Å². The van der Waals surface area contributed by atoms with Gasteiger partial charge in [0.05, 0.1) is 30.6 Å². The fourth-order valence-electron chi connectivity index (χ4n) is 5.05. The molecule has 6 rings (SSSR count). The highest BCUT2D eigenvalue weighted by atomic mass is 19.1. The van der Waals surface area contributed by atoms with Crippen molar-refractivity contribution in [3.05, 3.63) is 36.2 Å². The van der Waals surface area contributed by atoms with E-state index in [1.54, 1.807) is 6.20 Å². The number of nitrogens with zero attached hydrogens (tertiary/aromatic N) is 7. The lowest BCUT2D eigenvalue weighted by atomic mass is 9.96. The van der Waals surface area contributed by atoms with Crippen LogP contribution in [-0.4, -0.2) is 68.9 Å². The second-order valence-electron chi connectivity index (χ2n) is 9.14. The molecule has 0 unspecified atom stereocenters. The number of nitrogen functional groups attached to an aromatic ring is 1. The highest BCUT2D eigenvalue weighted by molar-refractivity contribution is 5.93. The Balaban J connectivity index is 1.32.